The van der Waals surface area contributed by atoms with Crippen LogP contribution in [0.2, 0.25) is 0 Å². The molecular weight excluding hydrogens is 317 g/mol. The highest BCUT2D eigenvalue weighted by atomic mass is 19.1. The Kier molecular flexibility index (Phi) is 4.40. The van der Waals surface area contributed by atoms with Gasteiger partial charge in [-0.3, -0.25) is 4.57 Å². The van der Waals surface area contributed by atoms with Gasteiger partial charge in [0.05, 0.1) is 17.6 Å². The fourth-order valence-electron chi connectivity index (χ4n) is 3.37. The van der Waals surface area contributed by atoms with Crippen LogP contribution in [0.3, 0.4) is 0 Å². The van der Waals surface area contributed by atoms with Gasteiger partial charge in [-0.05, 0) is 42.8 Å². The number of ether oxygens (including phenoxy) is 1. The molecule has 5 heteroatoms. The van der Waals surface area contributed by atoms with Crippen molar-refractivity contribution in [3.63, 3.8) is 0 Å². The zero-order chi connectivity index (χ0) is 17.2. The van der Waals surface area contributed by atoms with Crippen LogP contribution in [0.5, 0.6) is 6.01 Å². The first-order valence-electron chi connectivity index (χ1n) is 8.78. The molecule has 4 rings (SSSR count). The lowest BCUT2D eigenvalue weighted by Crippen LogP contribution is -2.41. The number of nitrogens with zero attached hydrogens (tertiary/aromatic N) is 2. The molecule has 1 fully saturated rings. The van der Waals surface area contributed by atoms with Gasteiger partial charge in [0.15, 0.2) is 0 Å². The third kappa shape index (κ3) is 3.37. The number of para-hydroxylation sites is 2. The van der Waals surface area contributed by atoms with Crippen LogP contribution < -0.4 is 10.1 Å². The summed E-state index contributed by atoms with van der Waals surface area (Å²) in [4.78, 5) is 4.70. The van der Waals surface area contributed by atoms with E-state index in [0.29, 0.717) is 18.5 Å². The van der Waals surface area contributed by atoms with E-state index < -0.39 is 0 Å². The number of rotatable bonds is 4. The van der Waals surface area contributed by atoms with E-state index in [1.54, 1.807) is 12.1 Å². The van der Waals surface area contributed by atoms with Crippen molar-refractivity contribution in [3.05, 3.63) is 59.9 Å². The van der Waals surface area contributed by atoms with E-state index in [1.165, 1.54) is 12.1 Å². The zero-order valence-electron chi connectivity index (χ0n) is 14.3. The van der Waals surface area contributed by atoms with E-state index in [9.17, 15) is 4.39 Å². The highest BCUT2D eigenvalue weighted by Gasteiger charge is 2.25. The Balaban J connectivity index is 1.68. The number of aromatic nitrogens is 2. The van der Waals surface area contributed by atoms with Crippen molar-refractivity contribution in [2.45, 2.75) is 26.0 Å². The molecule has 1 saturated heterocycles. The number of imidazole rings is 1. The molecule has 1 aromatic heterocycles. The molecule has 2 aromatic carbocycles. The zero-order valence-corrected chi connectivity index (χ0v) is 14.3. The van der Waals surface area contributed by atoms with Crippen LogP contribution in [0.1, 0.15) is 18.9 Å². The fraction of sp³-hybridized carbons (Fsp3) is 0.350. The molecule has 1 aliphatic rings. The lowest BCUT2D eigenvalue weighted by atomic mass is 9.98. The molecule has 2 heterocycles. The summed E-state index contributed by atoms with van der Waals surface area (Å²) in [5.74, 6) is 0.215. The molecule has 25 heavy (non-hydrogen) atoms. The lowest BCUT2D eigenvalue weighted by molar-refractivity contribution is 0.0976. The number of nitrogens with one attached hydrogen (secondary N) is 1. The summed E-state index contributed by atoms with van der Waals surface area (Å²) in [6.45, 7) is 4.73. The molecule has 3 aromatic rings. The summed E-state index contributed by atoms with van der Waals surface area (Å²) < 4.78 is 21.6. The minimum absolute atomic E-state index is 0.157. The van der Waals surface area contributed by atoms with Crippen LogP contribution in [-0.4, -0.2) is 28.7 Å². The van der Waals surface area contributed by atoms with Crippen LogP contribution in [-0.2, 0) is 6.54 Å². The van der Waals surface area contributed by atoms with E-state index in [1.807, 2.05) is 24.3 Å². The van der Waals surface area contributed by atoms with Gasteiger partial charge in [0.1, 0.15) is 11.9 Å². The predicted octanol–water partition coefficient (Wildman–Crippen LogP) is 3.60. The average molecular weight is 339 g/mol. The molecule has 0 bridgehead atoms. The van der Waals surface area contributed by atoms with Crippen LogP contribution in [0.25, 0.3) is 11.0 Å². The molecular formula is C20H22FN3O. The SMILES string of the molecule is CC1CNCCC1Oc1nc2ccccc2n1Cc1ccc(F)cc1. The van der Waals surface area contributed by atoms with Gasteiger partial charge in [-0.2, -0.15) is 4.98 Å². The van der Waals surface area contributed by atoms with Crippen LogP contribution in [0.15, 0.2) is 48.5 Å². The molecule has 1 aliphatic heterocycles. The fourth-order valence-corrected chi connectivity index (χ4v) is 3.37. The average Bonchev–Trinajstić information content (AvgIpc) is 2.96. The second-order valence-corrected chi connectivity index (χ2v) is 6.72. The van der Waals surface area contributed by atoms with Crippen LogP contribution in [0.4, 0.5) is 4.39 Å². The Morgan fingerprint density at radius 1 is 1.20 bits per heavy atom. The van der Waals surface area contributed by atoms with Crippen molar-refractivity contribution in [1.29, 1.82) is 0 Å². The maximum Gasteiger partial charge on any atom is 0.297 e. The lowest BCUT2D eigenvalue weighted by Gasteiger charge is -2.29. The highest BCUT2D eigenvalue weighted by Crippen LogP contribution is 2.26. The molecule has 0 aliphatic carbocycles. The molecule has 2 atom stereocenters. The monoisotopic (exact) mass is 339 g/mol. The first-order valence-corrected chi connectivity index (χ1v) is 8.78. The van der Waals surface area contributed by atoms with E-state index >= 15 is 0 Å². The van der Waals surface area contributed by atoms with Gasteiger partial charge >= 0.3 is 0 Å². The Morgan fingerprint density at radius 3 is 2.80 bits per heavy atom. The van der Waals surface area contributed by atoms with Crippen LogP contribution in [0, 0.1) is 11.7 Å². The second kappa shape index (κ2) is 6.84. The van der Waals surface area contributed by atoms with Crippen molar-refractivity contribution < 1.29 is 9.13 Å². The number of halogens is 1. The van der Waals surface area contributed by atoms with Gasteiger partial charge in [0.2, 0.25) is 0 Å². The quantitative estimate of drug-likeness (QED) is 0.789. The number of hydrogen-bond acceptors (Lipinski definition) is 3. The van der Waals surface area contributed by atoms with E-state index in [4.69, 9.17) is 9.72 Å². The van der Waals surface area contributed by atoms with E-state index in [-0.39, 0.29) is 11.9 Å². The van der Waals surface area contributed by atoms with E-state index in [0.717, 1.165) is 36.1 Å². The molecule has 0 saturated carbocycles. The molecule has 1 N–H and O–H groups in total. The highest BCUT2D eigenvalue weighted by molar-refractivity contribution is 5.76. The molecule has 0 radical (unpaired) electrons. The van der Waals surface area contributed by atoms with Gasteiger partial charge < -0.3 is 10.1 Å². The van der Waals surface area contributed by atoms with Gasteiger partial charge in [0, 0.05) is 12.5 Å². The minimum atomic E-state index is -0.223. The van der Waals surface area contributed by atoms with Crippen molar-refractivity contribution in [3.8, 4) is 6.01 Å². The molecule has 0 amide bonds. The van der Waals surface area contributed by atoms with Crippen molar-refractivity contribution in [1.82, 2.24) is 14.9 Å². The number of benzene rings is 2. The largest absolute Gasteiger partial charge is 0.461 e. The van der Waals surface area contributed by atoms with Crippen molar-refractivity contribution >= 4 is 11.0 Å². The Bertz CT molecular complexity index is 859. The normalized spacial score (nSPS) is 20.7. The third-order valence-corrected chi connectivity index (χ3v) is 4.84. The topological polar surface area (TPSA) is 39.1 Å². The summed E-state index contributed by atoms with van der Waals surface area (Å²) in [5.41, 5.74) is 2.97. The predicted molar refractivity (Wildman–Crippen MR) is 96.3 cm³/mol. The molecule has 2 unspecified atom stereocenters. The summed E-state index contributed by atoms with van der Waals surface area (Å²) in [6.07, 6.45) is 1.13. The smallest absolute Gasteiger partial charge is 0.297 e. The van der Waals surface area contributed by atoms with Crippen molar-refractivity contribution in [2.75, 3.05) is 13.1 Å². The molecule has 4 nitrogen and oxygen atoms in total. The number of hydrogen-bond donors (Lipinski definition) is 1. The third-order valence-electron chi connectivity index (χ3n) is 4.84. The summed E-state index contributed by atoms with van der Waals surface area (Å²) in [5, 5.41) is 3.39. The van der Waals surface area contributed by atoms with Gasteiger partial charge in [-0.25, -0.2) is 4.39 Å². The second-order valence-electron chi connectivity index (χ2n) is 6.72. The Labute approximate surface area is 146 Å². The summed E-state index contributed by atoms with van der Waals surface area (Å²) in [7, 11) is 0. The van der Waals surface area contributed by atoms with Gasteiger partial charge in [-0.15, -0.1) is 0 Å². The molecule has 130 valence electrons. The minimum Gasteiger partial charge on any atom is -0.461 e. The van der Waals surface area contributed by atoms with E-state index in [2.05, 4.69) is 16.8 Å². The first kappa shape index (κ1) is 16.1. The summed E-state index contributed by atoms with van der Waals surface area (Å²) in [6, 6.07) is 15.3. The van der Waals surface area contributed by atoms with Crippen molar-refractivity contribution in [2.24, 2.45) is 5.92 Å². The molecule has 0 spiro atoms. The number of piperidine rings is 1. The Morgan fingerprint density at radius 2 is 2.00 bits per heavy atom. The van der Waals surface area contributed by atoms with Gasteiger partial charge in [0.25, 0.3) is 6.01 Å². The number of fused-ring (bicyclic) bond motifs is 1. The first-order chi connectivity index (χ1) is 12.2. The van der Waals surface area contributed by atoms with Gasteiger partial charge in [-0.1, -0.05) is 31.2 Å². The Hall–Kier alpha value is -2.40. The maximum absolute atomic E-state index is 13.2. The summed E-state index contributed by atoms with van der Waals surface area (Å²) >= 11 is 0. The maximum atomic E-state index is 13.2. The van der Waals surface area contributed by atoms with Crippen LogP contribution >= 0.6 is 0 Å². The standard InChI is InChI=1S/C20H22FN3O/c1-14-12-22-11-10-19(14)25-20-23-17-4-2-3-5-18(17)24(20)13-15-6-8-16(21)9-7-15/h2-9,14,19,22H,10-13H2,1H3.